The highest BCUT2D eigenvalue weighted by atomic mass is 16.5. The number of nitrogens with zero attached hydrogens (tertiary/aromatic N) is 3. The van der Waals surface area contributed by atoms with E-state index in [1.807, 2.05) is 62.4 Å². The fourth-order valence-corrected chi connectivity index (χ4v) is 2.80. The van der Waals surface area contributed by atoms with E-state index in [9.17, 15) is 9.59 Å². The molecular weight excluding hydrogens is 406 g/mol. The van der Waals surface area contributed by atoms with Crippen LogP contribution in [0.2, 0.25) is 0 Å². The second-order valence-corrected chi connectivity index (χ2v) is 6.51. The van der Waals surface area contributed by atoms with Crippen LogP contribution in [0, 0.1) is 12.3 Å². The second kappa shape index (κ2) is 11.9. The van der Waals surface area contributed by atoms with Crippen molar-refractivity contribution in [3.05, 3.63) is 71.3 Å². The van der Waals surface area contributed by atoms with Gasteiger partial charge in [0.05, 0.1) is 18.7 Å². The molecule has 32 heavy (non-hydrogen) atoms. The molecule has 3 N–H and O–H groups in total. The molecule has 166 valence electrons. The molecule has 0 aliphatic carbocycles. The van der Waals surface area contributed by atoms with E-state index >= 15 is 0 Å². The van der Waals surface area contributed by atoms with Crippen LogP contribution in [0.3, 0.4) is 0 Å². The first kappa shape index (κ1) is 24.2. The largest absolute Gasteiger partial charge is 0.491 e. The van der Waals surface area contributed by atoms with E-state index in [2.05, 4.69) is 21.1 Å². The van der Waals surface area contributed by atoms with Gasteiger partial charge in [-0.1, -0.05) is 44.0 Å². The van der Waals surface area contributed by atoms with E-state index in [0.29, 0.717) is 25.3 Å². The summed E-state index contributed by atoms with van der Waals surface area (Å²) in [6, 6.07) is 15.1. The van der Waals surface area contributed by atoms with Gasteiger partial charge in [0, 0.05) is 19.0 Å². The number of aromatic nitrogens is 3. The van der Waals surface area contributed by atoms with Gasteiger partial charge in [0.25, 0.3) is 5.91 Å². The van der Waals surface area contributed by atoms with Crippen LogP contribution in [0.25, 0.3) is 0 Å². The summed E-state index contributed by atoms with van der Waals surface area (Å²) in [5, 5.41) is 6.36. The highest BCUT2D eigenvalue weighted by Gasteiger charge is 2.18. The Bertz CT molecular complexity index is 1080. The highest BCUT2D eigenvalue weighted by Crippen LogP contribution is 2.29. The first-order valence-corrected chi connectivity index (χ1v) is 10.2. The van der Waals surface area contributed by atoms with E-state index < -0.39 is 5.91 Å². The van der Waals surface area contributed by atoms with Crippen molar-refractivity contribution >= 4 is 17.5 Å². The number of benzene rings is 2. The van der Waals surface area contributed by atoms with Crippen molar-refractivity contribution in [3.63, 3.8) is 0 Å². The first-order chi connectivity index (χ1) is 15.5. The summed E-state index contributed by atoms with van der Waals surface area (Å²) < 4.78 is 5.43. The lowest BCUT2D eigenvalue weighted by Gasteiger charge is -2.15. The predicted octanol–water partition coefficient (Wildman–Crippen LogP) is 2.93. The molecule has 0 saturated heterocycles. The number of hydrogen-bond donors (Lipinski definition) is 2. The van der Waals surface area contributed by atoms with Crippen LogP contribution < -0.4 is 15.4 Å². The molecule has 0 bridgehead atoms. The van der Waals surface area contributed by atoms with Crippen LogP contribution in [0.15, 0.2) is 48.5 Å². The molecule has 4 rings (SSSR count). The minimum absolute atomic E-state index is 0.000227. The number of fused-ring (bicyclic) bond motifs is 1. The van der Waals surface area contributed by atoms with E-state index in [1.54, 1.807) is 11.9 Å². The van der Waals surface area contributed by atoms with Gasteiger partial charge in [-0.05, 0) is 29.8 Å². The van der Waals surface area contributed by atoms with Gasteiger partial charge in [-0.2, -0.15) is 0 Å². The maximum Gasteiger partial charge on any atom is 0.288 e. The Balaban J connectivity index is 0.000000217. The molecular formula is C24H27N5O3. The van der Waals surface area contributed by atoms with Crippen molar-refractivity contribution in [1.82, 2.24) is 15.2 Å². The SMILES string of the molecule is C#Cc1ccc(Cc2nc(C(N)=O)n[nH]2)cc1.CC.CN1C(=O)CCOc2ccccc21. The van der Waals surface area contributed by atoms with Gasteiger partial charge < -0.3 is 15.4 Å². The molecule has 3 aromatic rings. The van der Waals surface area contributed by atoms with E-state index in [0.717, 1.165) is 22.6 Å². The Morgan fingerprint density at radius 3 is 2.53 bits per heavy atom. The van der Waals surface area contributed by atoms with Gasteiger partial charge in [0.1, 0.15) is 11.6 Å². The smallest absolute Gasteiger partial charge is 0.288 e. The molecule has 2 heterocycles. The third kappa shape index (κ3) is 6.44. The summed E-state index contributed by atoms with van der Waals surface area (Å²) in [5.41, 5.74) is 7.75. The summed E-state index contributed by atoms with van der Waals surface area (Å²) in [4.78, 5) is 27.8. The number of carbonyl (C=O) groups is 2. The second-order valence-electron chi connectivity index (χ2n) is 6.51. The highest BCUT2D eigenvalue weighted by molar-refractivity contribution is 5.95. The number of nitrogens with one attached hydrogen (secondary N) is 1. The van der Waals surface area contributed by atoms with Gasteiger partial charge in [0.2, 0.25) is 11.7 Å². The van der Waals surface area contributed by atoms with E-state index in [1.165, 1.54) is 0 Å². The molecule has 0 saturated carbocycles. The molecule has 0 spiro atoms. The van der Waals surface area contributed by atoms with Crippen LogP contribution in [0.1, 0.15) is 47.8 Å². The average molecular weight is 434 g/mol. The minimum Gasteiger partial charge on any atom is -0.491 e. The van der Waals surface area contributed by atoms with Crippen molar-refractivity contribution in [2.45, 2.75) is 26.7 Å². The molecule has 0 fully saturated rings. The fraction of sp³-hybridized carbons (Fsp3) is 0.250. The van der Waals surface area contributed by atoms with Crippen molar-refractivity contribution in [2.24, 2.45) is 5.73 Å². The van der Waals surface area contributed by atoms with Crippen LogP contribution >= 0.6 is 0 Å². The summed E-state index contributed by atoms with van der Waals surface area (Å²) in [6.45, 7) is 4.47. The quantitative estimate of drug-likeness (QED) is 0.617. The maximum absolute atomic E-state index is 11.4. The maximum atomic E-state index is 11.4. The number of ether oxygens (including phenoxy) is 1. The van der Waals surface area contributed by atoms with Gasteiger partial charge in [-0.15, -0.1) is 11.5 Å². The molecule has 2 aromatic carbocycles. The van der Waals surface area contributed by atoms with Crippen molar-refractivity contribution in [1.29, 1.82) is 0 Å². The van der Waals surface area contributed by atoms with Crippen molar-refractivity contribution in [2.75, 3.05) is 18.6 Å². The number of aromatic amines is 1. The Morgan fingerprint density at radius 2 is 1.91 bits per heavy atom. The molecule has 1 aromatic heterocycles. The van der Waals surface area contributed by atoms with Gasteiger partial charge in [-0.25, -0.2) is 4.98 Å². The summed E-state index contributed by atoms with van der Waals surface area (Å²) in [6.07, 6.45) is 6.26. The Labute approximate surface area is 187 Å². The number of nitrogens with two attached hydrogens (primary N) is 1. The molecule has 0 atom stereocenters. The normalized spacial score (nSPS) is 11.9. The minimum atomic E-state index is -0.643. The standard InChI is InChI=1S/C12H10N4O.C10H11NO2.C2H6/c1-2-8-3-5-9(6-4-8)7-10-14-12(11(13)17)16-15-10;1-11-8-4-2-3-5-9(8)13-7-6-10(11)12;1-2/h1,3-6H,7H2,(H2,13,17)(H,14,15,16);2-5H,6-7H2,1H3;1-2H3. The van der Waals surface area contributed by atoms with Crippen LogP contribution in [-0.2, 0) is 11.2 Å². The number of H-pyrrole nitrogens is 1. The zero-order chi connectivity index (χ0) is 23.5. The van der Waals surface area contributed by atoms with E-state index in [4.69, 9.17) is 16.9 Å². The Morgan fingerprint density at radius 1 is 1.22 bits per heavy atom. The lowest BCUT2D eigenvalue weighted by Crippen LogP contribution is -2.24. The number of para-hydroxylation sites is 2. The lowest BCUT2D eigenvalue weighted by atomic mass is 10.1. The number of amides is 2. The molecule has 8 nitrogen and oxygen atoms in total. The predicted molar refractivity (Wildman–Crippen MR) is 123 cm³/mol. The third-order valence-electron chi connectivity index (χ3n) is 4.42. The number of anilines is 1. The molecule has 2 amide bonds. The Hall–Kier alpha value is -4.12. The number of carbonyl (C=O) groups excluding carboxylic acids is 2. The van der Waals surface area contributed by atoms with Gasteiger partial charge >= 0.3 is 0 Å². The molecule has 8 heteroatoms. The van der Waals surface area contributed by atoms with Crippen LogP contribution in [-0.4, -0.2) is 40.7 Å². The summed E-state index contributed by atoms with van der Waals surface area (Å²) in [7, 11) is 1.77. The fourth-order valence-electron chi connectivity index (χ4n) is 2.80. The van der Waals surface area contributed by atoms with E-state index in [-0.39, 0.29) is 11.7 Å². The molecule has 0 unspecified atom stereocenters. The number of rotatable bonds is 3. The van der Waals surface area contributed by atoms with Crippen molar-refractivity contribution < 1.29 is 14.3 Å². The Kier molecular flexibility index (Phi) is 8.99. The first-order valence-electron chi connectivity index (χ1n) is 10.2. The number of primary amides is 1. The number of terminal acetylenes is 1. The van der Waals surface area contributed by atoms with Gasteiger partial charge in [-0.3, -0.25) is 14.7 Å². The summed E-state index contributed by atoms with van der Waals surface area (Å²) in [5.74, 6) is 3.38. The molecule has 1 aliphatic rings. The summed E-state index contributed by atoms with van der Waals surface area (Å²) >= 11 is 0. The van der Waals surface area contributed by atoms with Crippen molar-refractivity contribution in [3.8, 4) is 18.1 Å². The number of hydrogen-bond acceptors (Lipinski definition) is 5. The van der Waals surface area contributed by atoms with Gasteiger partial charge in [0.15, 0.2) is 0 Å². The monoisotopic (exact) mass is 433 g/mol. The van der Waals surface area contributed by atoms with Crippen LogP contribution in [0.4, 0.5) is 5.69 Å². The molecule has 0 radical (unpaired) electrons. The zero-order valence-corrected chi connectivity index (χ0v) is 18.5. The topological polar surface area (TPSA) is 114 Å². The third-order valence-corrected chi connectivity index (χ3v) is 4.42. The average Bonchev–Trinajstić information content (AvgIpc) is 3.24. The molecule has 1 aliphatic heterocycles. The van der Waals surface area contributed by atoms with Crippen LogP contribution in [0.5, 0.6) is 5.75 Å². The zero-order valence-electron chi connectivity index (χ0n) is 18.5. The lowest BCUT2D eigenvalue weighted by molar-refractivity contribution is -0.118.